The average molecular weight is 280 g/mol. The first-order chi connectivity index (χ1) is 8.23. The molecule has 0 fully saturated rings. The van der Waals surface area contributed by atoms with Crippen LogP contribution in [0.1, 0.15) is 25.6 Å². The van der Waals surface area contributed by atoms with Gasteiger partial charge in [0.25, 0.3) is 0 Å². The molecule has 1 rings (SSSR count). The zero-order valence-electron chi connectivity index (χ0n) is 10.7. The first kappa shape index (κ1) is 15.5. The van der Waals surface area contributed by atoms with E-state index < -0.39 is 18.3 Å². The Hall–Kier alpha value is -0.590. The molecular formula is C12H19F3N2S. The fraction of sp³-hybridized carbons (Fsp3) is 0.667. The highest BCUT2D eigenvalue weighted by Crippen LogP contribution is 2.30. The van der Waals surface area contributed by atoms with Crippen LogP contribution in [0, 0.1) is 0 Å². The minimum atomic E-state index is -4.31. The largest absolute Gasteiger partial charge is 0.405 e. The monoisotopic (exact) mass is 280 g/mol. The maximum atomic E-state index is 13.1. The van der Waals surface area contributed by atoms with Crippen molar-refractivity contribution in [1.29, 1.82) is 0 Å². The zero-order valence-corrected chi connectivity index (χ0v) is 11.6. The lowest BCUT2D eigenvalue weighted by atomic mass is 10.1. The Morgan fingerprint density at radius 1 is 1.33 bits per heavy atom. The summed E-state index contributed by atoms with van der Waals surface area (Å²) >= 11 is 1.46. The van der Waals surface area contributed by atoms with Gasteiger partial charge in [0.2, 0.25) is 0 Å². The Kier molecular flexibility index (Phi) is 5.19. The number of hydrogen-bond acceptors (Lipinski definition) is 3. The smallest absolute Gasteiger partial charge is 0.326 e. The molecule has 104 valence electrons. The fourth-order valence-electron chi connectivity index (χ4n) is 1.97. The predicted molar refractivity (Wildman–Crippen MR) is 68.5 cm³/mol. The third kappa shape index (κ3) is 3.96. The van der Waals surface area contributed by atoms with Crippen LogP contribution in [0.3, 0.4) is 0 Å². The molecule has 0 aromatic carbocycles. The summed E-state index contributed by atoms with van der Waals surface area (Å²) in [5.74, 6) is 0. The normalized spacial score (nSPS) is 16.3. The van der Waals surface area contributed by atoms with E-state index in [0.717, 1.165) is 4.88 Å². The number of alkyl halides is 3. The van der Waals surface area contributed by atoms with Crippen molar-refractivity contribution in [3.8, 4) is 0 Å². The van der Waals surface area contributed by atoms with Crippen molar-refractivity contribution in [2.45, 2.75) is 51.6 Å². The molecule has 18 heavy (non-hydrogen) atoms. The van der Waals surface area contributed by atoms with Crippen LogP contribution in [0.2, 0.25) is 0 Å². The minimum absolute atomic E-state index is 0.218. The lowest BCUT2D eigenvalue weighted by molar-refractivity contribution is -0.194. The number of nitrogens with two attached hydrogens (primary N) is 1. The van der Waals surface area contributed by atoms with Gasteiger partial charge in [-0.2, -0.15) is 13.2 Å². The molecule has 0 amide bonds. The molecule has 0 aliphatic heterocycles. The Labute approximate surface area is 110 Å². The van der Waals surface area contributed by atoms with Crippen LogP contribution in [0.4, 0.5) is 13.2 Å². The van der Waals surface area contributed by atoms with Crippen molar-refractivity contribution in [2.24, 2.45) is 5.73 Å². The first-order valence-electron chi connectivity index (χ1n) is 5.84. The second kappa shape index (κ2) is 6.04. The topological polar surface area (TPSA) is 29.3 Å². The number of nitrogens with zero attached hydrogens (tertiary/aromatic N) is 1. The molecule has 0 aliphatic carbocycles. The van der Waals surface area contributed by atoms with Crippen LogP contribution in [-0.2, 0) is 6.54 Å². The van der Waals surface area contributed by atoms with Crippen molar-refractivity contribution in [2.75, 3.05) is 0 Å². The van der Waals surface area contributed by atoms with Gasteiger partial charge < -0.3 is 5.73 Å². The van der Waals surface area contributed by atoms with Crippen molar-refractivity contribution in [1.82, 2.24) is 4.90 Å². The van der Waals surface area contributed by atoms with Gasteiger partial charge in [0.1, 0.15) is 6.04 Å². The van der Waals surface area contributed by atoms with Crippen molar-refractivity contribution < 1.29 is 13.2 Å². The van der Waals surface area contributed by atoms with E-state index in [2.05, 4.69) is 0 Å². The maximum absolute atomic E-state index is 13.1. The quantitative estimate of drug-likeness (QED) is 0.897. The van der Waals surface area contributed by atoms with Gasteiger partial charge >= 0.3 is 6.18 Å². The van der Waals surface area contributed by atoms with Crippen LogP contribution in [0.25, 0.3) is 0 Å². The van der Waals surface area contributed by atoms with Crippen molar-refractivity contribution in [3.05, 3.63) is 22.4 Å². The predicted octanol–water partition coefficient (Wildman–Crippen LogP) is 3.24. The molecule has 6 heteroatoms. The van der Waals surface area contributed by atoms with E-state index in [9.17, 15) is 13.2 Å². The van der Waals surface area contributed by atoms with Gasteiger partial charge in [-0.05, 0) is 32.2 Å². The van der Waals surface area contributed by atoms with Crippen LogP contribution in [0.5, 0.6) is 0 Å². The van der Waals surface area contributed by atoms with Crippen LogP contribution in [-0.4, -0.2) is 29.2 Å². The molecule has 2 nitrogen and oxygen atoms in total. The molecule has 1 aromatic rings. The van der Waals surface area contributed by atoms with Gasteiger partial charge in [-0.3, -0.25) is 4.90 Å². The van der Waals surface area contributed by atoms with Crippen LogP contribution < -0.4 is 5.73 Å². The third-order valence-corrected chi connectivity index (χ3v) is 3.63. The highest BCUT2D eigenvalue weighted by atomic mass is 32.1. The van der Waals surface area contributed by atoms with E-state index >= 15 is 0 Å². The molecule has 1 heterocycles. The van der Waals surface area contributed by atoms with Crippen molar-refractivity contribution in [3.63, 3.8) is 0 Å². The minimum Gasteiger partial charge on any atom is -0.326 e. The van der Waals surface area contributed by atoms with E-state index in [1.165, 1.54) is 23.2 Å². The number of thiophene rings is 1. The summed E-state index contributed by atoms with van der Waals surface area (Å²) in [5.41, 5.74) is 5.53. The Balaban J connectivity index is 2.94. The van der Waals surface area contributed by atoms with Gasteiger partial charge in [0.15, 0.2) is 0 Å². The lowest BCUT2D eigenvalue weighted by Gasteiger charge is -2.37. The molecule has 2 unspecified atom stereocenters. The standard InChI is InChI=1S/C12H19F3N2S/c1-8(2)17(7-10-5-4-6-18-10)11(9(3)16)12(13,14)15/h4-6,8-9,11H,7,16H2,1-3H3. The Bertz CT molecular complexity index is 347. The highest BCUT2D eigenvalue weighted by Gasteiger charge is 2.46. The molecular weight excluding hydrogens is 261 g/mol. The fourth-order valence-corrected chi connectivity index (χ4v) is 2.69. The Morgan fingerprint density at radius 3 is 2.28 bits per heavy atom. The summed E-state index contributed by atoms with van der Waals surface area (Å²) in [7, 11) is 0. The number of hydrogen-bond donors (Lipinski definition) is 1. The number of rotatable bonds is 5. The molecule has 1 aromatic heterocycles. The lowest BCUT2D eigenvalue weighted by Crippen LogP contribution is -2.56. The Morgan fingerprint density at radius 2 is 1.94 bits per heavy atom. The highest BCUT2D eigenvalue weighted by molar-refractivity contribution is 7.09. The zero-order chi connectivity index (χ0) is 13.9. The average Bonchev–Trinajstić information content (AvgIpc) is 2.66. The summed E-state index contributed by atoms with van der Waals surface area (Å²) < 4.78 is 39.3. The molecule has 2 atom stereocenters. The van der Waals surface area contributed by atoms with Crippen LogP contribution >= 0.6 is 11.3 Å². The van der Waals surface area contributed by atoms with E-state index in [-0.39, 0.29) is 12.6 Å². The summed E-state index contributed by atoms with van der Waals surface area (Å²) in [6.07, 6.45) is -4.31. The van der Waals surface area contributed by atoms with Crippen LogP contribution in [0.15, 0.2) is 17.5 Å². The van der Waals surface area contributed by atoms with E-state index in [4.69, 9.17) is 5.73 Å². The van der Waals surface area contributed by atoms with Crippen molar-refractivity contribution >= 4 is 11.3 Å². The summed E-state index contributed by atoms with van der Waals surface area (Å²) in [6, 6.07) is 0.901. The number of halogens is 3. The molecule has 0 radical (unpaired) electrons. The second-order valence-corrected chi connectivity index (χ2v) is 5.72. The SMILES string of the molecule is CC(N)C(N(Cc1cccs1)C(C)C)C(F)(F)F. The van der Waals surface area contributed by atoms with E-state index in [1.54, 1.807) is 13.8 Å². The van der Waals surface area contributed by atoms with Gasteiger partial charge in [0, 0.05) is 23.5 Å². The van der Waals surface area contributed by atoms with E-state index in [1.807, 2.05) is 17.5 Å². The molecule has 0 spiro atoms. The molecule has 0 bridgehead atoms. The molecule has 0 saturated heterocycles. The molecule has 0 saturated carbocycles. The van der Waals surface area contributed by atoms with Gasteiger partial charge in [-0.1, -0.05) is 6.07 Å². The maximum Gasteiger partial charge on any atom is 0.405 e. The van der Waals surface area contributed by atoms with Gasteiger partial charge in [-0.25, -0.2) is 0 Å². The summed E-state index contributed by atoms with van der Waals surface area (Å²) in [5, 5.41) is 1.86. The third-order valence-electron chi connectivity index (χ3n) is 2.77. The molecule has 0 aliphatic rings. The van der Waals surface area contributed by atoms with E-state index in [0.29, 0.717) is 0 Å². The summed E-state index contributed by atoms with van der Waals surface area (Å²) in [4.78, 5) is 2.33. The van der Waals surface area contributed by atoms with Gasteiger partial charge in [0.05, 0.1) is 0 Å². The molecule has 2 N–H and O–H groups in total. The first-order valence-corrected chi connectivity index (χ1v) is 6.72. The van der Waals surface area contributed by atoms with Gasteiger partial charge in [-0.15, -0.1) is 11.3 Å². The summed E-state index contributed by atoms with van der Waals surface area (Å²) in [6.45, 7) is 5.20. The second-order valence-electron chi connectivity index (χ2n) is 4.69.